The molecule has 0 N–H and O–H groups in total. The molecule has 0 rings (SSSR count). The molecule has 0 radical (unpaired) electrons. The molecule has 72 heavy (non-hydrogen) atoms. The van der Waals surface area contributed by atoms with Crippen molar-refractivity contribution in [3.63, 3.8) is 0 Å². The van der Waals surface area contributed by atoms with E-state index in [0.29, 0.717) is 12.8 Å². The Labute approximate surface area is 442 Å². The molecule has 0 saturated heterocycles. The molecule has 0 aromatic heterocycles. The van der Waals surface area contributed by atoms with Gasteiger partial charge in [-0.2, -0.15) is 0 Å². The highest BCUT2D eigenvalue weighted by Gasteiger charge is 2.19. The summed E-state index contributed by atoms with van der Waals surface area (Å²) in [5.41, 5.74) is 0. The fourth-order valence-electron chi connectivity index (χ4n) is 7.38. The predicted molar refractivity (Wildman–Crippen MR) is 311 cm³/mol. The molecule has 0 aliphatic heterocycles. The lowest BCUT2D eigenvalue weighted by Gasteiger charge is -2.18. The summed E-state index contributed by atoms with van der Waals surface area (Å²) in [6.45, 7) is 6.33. The van der Waals surface area contributed by atoms with Crippen LogP contribution >= 0.6 is 0 Å². The molecule has 0 aliphatic carbocycles. The Balaban J connectivity index is 4.55. The van der Waals surface area contributed by atoms with Gasteiger partial charge in [0.1, 0.15) is 13.2 Å². The maximum atomic E-state index is 12.9. The molecular weight excluding hydrogens is 889 g/mol. The zero-order valence-corrected chi connectivity index (χ0v) is 46.1. The lowest BCUT2D eigenvalue weighted by molar-refractivity contribution is -0.167. The van der Waals surface area contributed by atoms with Crippen LogP contribution in [0.25, 0.3) is 0 Å². The van der Waals surface area contributed by atoms with Crippen molar-refractivity contribution < 1.29 is 28.6 Å². The molecule has 1 unspecified atom stereocenters. The fraction of sp³-hybridized carbons (Fsp3) is 0.591. The summed E-state index contributed by atoms with van der Waals surface area (Å²) in [5.74, 6) is -1.01. The number of hydrogen-bond acceptors (Lipinski definition) is 6. The third kappa shape index (κ3) is 56.2. The Bertz CT molecular complexity index is 1610. The minimum absolute atomic E-state index is 0.114. The van der Waals surface area contributed by atoms with Gasteiger partial charge in [-0.1, -0.05) is 256 Å². The van der Waals surface area contributed by atoms with E-state index >= 15 is 0 Å². The minimum Gasteiger partial charge on any atom is -0.462 e. The van der Waals surface area contributed by atoms with Crippen LogP contribution in [0.3, 0.4) is 0 Å². The van der Waals surface area contributed by atoms with Crippen molar-refractivity contribution in [1.82, 2.24) is 0 Å². The van der Waals surface area contributed by atoms with Crippen LogP contribution < -0.4 is 0 Å². The standard InChI is InChI=1S/C66H104O6/c1-4-7-10-13-16-19-22-25-28-31-33-36-38-41-44-47-50-53-56-59-65(68)71-62-63(61-70-64(67)58-55-52-49-46-43-40-37-34-30-27-24-21-18-15-12-9-6-3)72-66(69)60-57-54-51-48-45-42-39-35-32-29-26-23-20-17-14-11-8-5-2/h9,11-12,14,16-23,25-27,29-30,32,35,37,39-40,46,49,63H,4-8,10,13,15,24,28,31,33-34,36,38,41-45,47-48,50-62H2,1-3H3/b12-9-,14-11-,19-16-,20-17-,21-18-,25-22-,26-23-,30-27-,32-29-,39-35-,40-37-,49-46-. The minimum atomic E-state index is -0.824. The number of ether oxygens (including phenoxy) is 3. The van der Waals surface area contributed by atoms with E-state index in [1.165, 1.54) is 83.5 Å². The summed E-state index contributed by atoms with van der Waals surface area (Å²) in [7, 11) is 0. The number of rotatable bonds is 50. The number of hydrogen-bond donors (Lipinski definition) is 0. The van der Waals surface area contributed by atoms with E-state index in [1.54, 1.807) is 0 Å². The second kappa shape index (κ2) is 58.9. The molecule has 0 bridgehead atoms. The van der Waals surface area contributed by atoms with Crippen LogP contribution in [0, 0.1) is 0 Å². The number of allylic oxidation sites excluding steroid dienone is 24. The summed E-state index contributed by atoms with van der Waals surface area (Å²) in [6, 6.07) is 0. The smallest absolute Gasteiger partial charge is 0.306 e. The number of carbonyl (C=O) groups is 3. The van der Waals surface area contributed by atoms with E-state index < -0.39 is 6.10 Å². The fourth-order valence-corrected chi connectivity index (χ4v) is 7.38. The Hall–Kier alpha value is -4.71. The van der Waals surface area contributed by atoms with Crippen LogP contribution in [-0.2, 0) is 28.6 Å². The van der Waals surface area contributed by atoms with E-state index in [-0.39, 0.29) is 44.0 Å². The maximum Gasteiger partial charge on any atom is 0.306 e. The summed E-state index contributed by atoms with van der Waals surface area (Å²) in [4.78, 5) is 38.2. The van der Waals surface area contributed by atoms with Crippen molar-refractivity contribution in [3.05, 3.63) is 146 Å². The monoisotopic (exact) mass is 993 g/mol. The Morgan fingerprint density at radius 2 is 0.639 bits per heavy atom. The molecule has 0 saturated carbocycles. The van der Waals surface area contributed by atoms with Gasteiger partial charge in [0.25, 0.3) is 0 Å². The Morgan fingerprint density at radius 3 is 1.08 bits per heavy atom. The van der Waals surface area contributed by atoms with Crippen molar-refractivity contribution >= 4 is 17.9 Å². The van der Waals surface area contributed by atoms with E-state index in [9.17, 15) is 14.4 Å². The van der Waals surface area contributed by atoms with Crippen molar-refractivity contribution in [2.24, 2.45) is 0 Å². The van der Waals surface area contributed by atoms with Crippen LogP contribution in [0.4, 0.5) is 0 Å². The zero-order chi connectivity index (χ0) is 52.2. The van der Waals surface area contributed by atoms with Gasteiger partial charge in [-0.05, 0) is 103 Å². The van der Waals surface area contributed by atoms with E-state index in [1.807, 2.05) is 36.5 Å². The molecule has 0 aromatic rings. The summed E-state index contributed by atoms with van der Waals surface area (Å²) < 4.78 is 16.8. The van der Waals surface area contributed by atoms with Gasteiger partial charge in [0.05, 0.1) is 0 Å². The van der Waals surface area contributed by atoms with Gasteiger partial charge >= 0.3 is 17.9 Å². The van der Waals surface area contributed by atoms with E-state index in [2.05, 4.69) is 130 Å². The van der Waals surface area contributed by atoms with Crippen LogP contribution in [0.2, 0.25) is 0 Å². The van der Waals surface area contributed by atoms with Crippen molar-refractivity contribution in [2.45, 2.75) is 239 Å². The number of unbranched alkanes of at least 4 members (excludes halogenated alkanes) is 20. The predicted octanol–water partition coefficient (Wildman–Crippen LogP) is 19.6. The van der Waals surface area contributed by atoms with Crippen molar-refractivity contribution in [2.75, 3.05) is 13.2 Å². The number of esters is 3. The van der Waals surface area contributed by atoms with Gasteiger partial charge in [-0.25, -0.2) is 0 Å². The molecule has 404 valence electrons. The average Bonchev–Trinajstić information content (AvgIpc) is 3.38. The molecule has 0 spiro atoms. The summed E-state index contributed by atoms with van der Waals surface area (Å²) in [5, 5.41) is 0. The van der Waals surface area contributed by atoms with Gasteiger partial charge in [0.2, 0.25) is 0 Å². The molecule has 6 heteroatoms. The lowest BCUT2D eigenvalue weighted by atomic mass is 10.1. The highest BCUT2D eigenvalue weighted by atomic mass is 16.6. The van der Waals surface area contributed by atoms with Crippen LogP contribution in [0.15, 0.2) is 146 Å². The molecule has 0 fully saturated rings. The summed E-state index contributed by atoms with van der Waals surface area (Å²) >= 11 is 0. The second-order valence-corrected chi connectivity index (χ2v) is 18.6. The zero-order valence-electron chi connectivity index (χ0n) is 46.1. The summed E-state index contributed by atoms with van der Waals surface area (Å²) in [6.07, 6.45) is 84.0. The Kier molecular flexibility index (Phi) is 55.0. The number of carbonyl (C=O) groups excluding carboxylic acids is 3. The van der Waals surface area contributed by atoms with Crippen LogP contribution in [0.5, 0.6) is 0 Å². The molecule has 6 nitrogen and oxygen atoms in total. The highest BCUT2D eigenvalue weighted by molar-refractivity contribution is 5.71. The SMILES string of the molecule is CC/C=C\C/C=C\C/C=C\C/C=C\C/C=C\CCCC(=O)OCC(COC(=O)CCCCCCCCCCCC/C=C\C=C/CCCCC)OC(=O)CCCCCCC\C=C/C=C\C=C/C=C\C=C/CCC. The molecule has 1 atom stereocenters. The molecular formula is C66H104O6. The first-order valence-corrected chi connectivity index (χ1v) is 28.9. The largest absolute Gasteiger partial charge is 0.462 e. The molecule has 0 amide bonds. The second-order valence-electron chi connectivity index (χ2n) is 18.6. The first-order valence-electron chi connectivity index (χ1n) is 28.9. The first-order chi connectivity index (χ1) is 35.5. The van der Waals surface area contributed by atoms with Gasteiger partial charge < -0.3 is 14.2 Å². The lowest BCUT2D eigenvalue weighted by Crippen LogP contribution is -2.30. The Morgan fingerprint density at radius 1 is 0.306 bits per heavy atom. The highest BCUT2D eigenvalue weighted by Crippen LogP contribution is 2.14. The van der Waals surface area contributed by atoms with E-state index in [4.69, 9.17) is 14.2 Å². The van der Waals surface area contributed by atoms with E-state index in [0.717, 1.165) is 103 Å². The van der Waals surface area contributed by atoms with Gasteiger partial charge in [-0.3, -0.25) is 14.4 Å². The topological polar surface area (TPSA) is 78.9 Å². The van der Waals surface area contributed by atoms with Gasteiger partial charge in [-0.15, -0.1) is 0 Å². The average molecular weight is 994 g/mol. The normalized spacial score (nSPS) is 13.2. The van der Waals surface area contributed by atoms with Crippen molar-refractivity contribution in [3.8, 4) is 0 Å². The third-order valence-electron chi connectivity index (χ3n) is 11.7. The molecule has 0 aromatic carbocycles. The molecule has 0 aliphatic rings. The van der Waals surface area contributed by atoms with Crippen LogP contribution in [-0.4, -0.2) is 37.2 Å². The molecule has 0 heterocycles. The quantitative estimate of drug-likeness (QED) is 0.0199. The maximum absolute atomic E-state index is 12.9. The van der Waals surface area contributed by atoms with Gasteiger partial charge in [0.15, 0.2) is 6.10 Å². The van der Waals surface area contributed by atoms with Crippen LogP contribution in [0.1, 0.15) is 233 Å². The van der Waals surface area contributed by atoms with Crippen molar-refractivity contribution in [1.29, 1.82) is 0 Å². The van der Waals surface area contributed by atoms with Gasteiger partial charge in [0, 0.05) is 19.3 Å². The third-order valence-corrected chi connectivity index (χ3v) is 11.7. The first kappa shape index (κ1) is 67.3.